The van der Waals surface area contributed by atoms with Gasteiger partial charge in [-0.05, 0) is 85.5 Å². The Morgan fingerprint density at radius 3 is 2.33 bits per heavy atom. The maximum absolute atomic E-state index is 14.4. The van der Waals surface area contributed by atoms with Gasteiger partial charge in [0.05, 0.1) is 11.5 Å². The first kappa shape index (κ1) is 26.3. The van der Waals surface area contributed by atoms with Crippen molar-refractivity contribution >= 4 is 23.2 Å². The minimum atomic E-state index is -1.08. The third-order valence-electron chi connectivity index (χ3n) is 7.19. The number of para-hydroxylation sites is 1. The number of nitrogens with zero attached hydrogens (tertiary/aromatic N) is 2. The first-order valence-electron chi connectivity index (χ1n) is 12.9. The maximum atomic E-state index is 14.4. The van der Waals surface area contributed by atoms with Gasteiger partial charge in [-0.3, -0.25) is 19.7 Å². The van der Waals surface area contributed by atoms with Gasteiger partial charge in [-0.2, -0.15) is 4.39 Å². The Bertz CT molecular complexity index is 1400. The lowest BCUT2D eigenvalue weighted by atomic mass is 9.89. The van der Waals surface area contributed by atoms with Crippen molar-refractivity contribution < 1.29 is 28.0 Å². The van der Waals surface area contributed by atoms with Crippen LogP contribution in [0.5, 0.6) is 5.75 Å². The highest BCUT2D eigenvalue weighted by molar-refractivity contribution is 6.07. The second-order valence-electron chi connectivity index (χ2n) is 9.94. The number of ether oxygens (including phenoxy) is 1. The summed E-state index contributed by atoms with van der Waals surface area (Å²) < 4.78 is 33.8. The standard InChI is InChI=1S/C29H27F2N3O5/c30-24-3-1-2-23(27(24)34(37)38)28(35)32-22-9-6-19(7-10-22)20-12-14-33(15-13-20)29(36)21-8-11-26(25(31)16-21)39-17-18-4-5-18/h1-3,6-11,16,18,20H,4-5,12-15,17H2,(H,32,35). The molecular weight excluding hydrogens is 508 g/mol. The molecule has 3 aromatic rings. The molecule has 1 N–H and O–H groups in total. The molecule has 10 heteroatoms. The number of nitrogens with one attached hydrogen (secondary N) is 1. The number of nitro benzene ring substituents is 1. The minimum absolute atomic E-state index is 0.172. The van der Waals surface area contributed by atoms with Crippen molar-refractivity contribution in [3.63, 3.8) is 0 Å². The van der Waals surface area contributed by atoms with E-state index < -0.39 is 28.2 Å². The molecular formula is C29H27F2N3O5. The van der Waals surface area contributed by atoms with E-state index in [0.29, 0.717) is 36.9 Å². The fourth-order valence-corrected chi connectivity index (χ4v) is 4.76. The molecule has 2 amide bonds. The molecule has 1 saturated carbocycles. The van der Waals surface area contributed by atoms with Gasteiger partial charge >= 0.3 is 5.69 Å². The van der Waals surface area contributed by atoms with E-state index in [2.05, 4.69) is 5.32 Å². The predicted octanol–water partition coefficient (Wildman–Crippen LogP) is 5.93. The highest BCUT2D eigenvalue weighted by Gasteiger charge is 2.27. The van der Waals surface area contributed by atoms with E-state index in [1.54, 1.807) is 23.1 Å². The Balaban J connectivity index is 1.16. The van der Waals surface area contributed by atoms with Gasteiger partial charge in [0.1, 0.15) is 5.56 Å². The number of piperidine rings is 1. The molecule has 0 aromatic heterocycles. The Morgan fingerprint density at radius 2 is 1.69 bits per heavy atom. The first-order valence-corrected chi connectivity index (χ1v) is 12.9. The smallest absolute Gasteiger partial charge is 0.317 e. The average molecular weight is 536 g/mol. The molecule has 0 spiro atoms. The molecule has 2 aliphatic rings. The Morgan fingerprint density at radius 1 is 0.974 bits per heavy atom. The van der Waals surface area contributed by atoms with Gasteiger partial charge < -0.3 is 15.0 Å². The zero-order chi connectivity index (χ0) is 27.5. The van der Waals surface area contributed by atoms with E-state index in [1.165, 1.54) is 24.3 Å². The van der Waals surface area contributed by atoms with Gasteiger partial charge in [0.15, 0.2) is 11.6 Å². The highest BCUT2D eigenvalue weighted by atomic mass is 19.1. The molecule has 2 fully saturated rings. The number of nitro groups is 1. The molecule has 0 radical (unpaired) electrons. The van der Waals surface area contributed by atoms with Gasteiger partial charge in [-0.1, -0.05) is 18.2 Å². The van der Waals surface area contributed by atoms with Crippen molar-refractivity contribution in [1.82, 2.24) is 4.90 Å². The number of carbonyl (C=O) groups is 2. The largest absolute Gasteiger partial charge is 0.490 e. The molecule has 1 heterocycles. The lowest BCUT2D eigenvalue weighted by Crippen LogP contribution is -2.38. The van der Waals surface area contributed by atoms with E-state index in [-0.39, 0.29) is 23.1 Å². The summed E-state index contributed by atoms with van der Waals surface area (Å²) in [5.74, 6) is -1.73. The Kier molecular flexibility index (Phi) is 7.53. The van der Waals surface area contributed by atoms with Crippen LogP contribution in [-0.2, 0) is 0 Å². The van der Waals surface area contributed by atoms with Crippen molar-refractivity contribution in [1.29, 1.82) is 0 Å². The van der Waals surface area contributed by atoms with E-state index in [0.717, 1.165) is 37.3 Å². The van der Waals surface area contributed by atoms with Gasteiger partial charge in [-0.25, -0.2) is 4.39 Å². The number of carbonyl (C=O) groups excluding carboxylic acids is 2. The number of benzene rings is 3. The normalized spacial score (nSPS) is 15.6. The van der Waals surface area contributed by atoms with E-state index in [1.807, 2.05) is 12.1 Å². The van der Waals surface area contributed by atoms with Gasteiger partial charge in [-0.15, -0.1) is 0 Å². The van der Waals surface area contributed by atoms with Gasteiger partial charge in [0, 0.05) is 24.3 Å². The molecule has 5 rings (SSSR count). The fourth-order valence-electron chi connectivity index (χ4n) is 4.76. The molecule has 0 bridgehead atoms. The number of amides is 2. The summed E-state index contributed by atoms with van der Waals surface area (Å²) in [6.07, 6.45) is 3.66. The van der Waals surface area contributed by atoms with Crippen molar-refractivity contribution in [3.05, 3.63) is 99.1 Å². The summed E-state index contributed by atoms with van der Waals surface area (Å²) in [7, 11) is 0. The molecule has 3 aromatic carbocycles. The number of anilines is 1. The average Bonchev–Trinajstić information content (AvgIpc) is 3.77. The number of hydrogen-bond acceptors (Lipinski definition) is 5. The van der Waals surface area contributed by atoms with Crippen LogP contribution in [0.3, 0.4) is 0 Å². The minimum Gasteiger partial charge on any atom is -0.490 e. The highest BCUT2D eigenvalue weighted by Crippen LogP contribution is 2.32. The second kappa shape index (κ2) is 11.2. The Labute approximate surface area is 223 Å². The van der Waals surface area contributed by atoms with Crippen molar-refractivity contribution in [2.45, 2.75) is 31.6 Å². The third kappa shape index (κ3) is 6.05. The zero-order valence-corrected chi connectivity index (χ0v) is 21.1. The molecule has 39 heavy (non-hydrogen) atoms. The molecule has 1 aliphatic heterocycles. The van der Waals surface area contributed by atoms with E-state index in [9.17, 15) is 28.5 Å². The molecule has 202 valence electrons. The molecule has 8 nitrogen and oxygen atoms in total. The van der Waals surface area contributed by atoms with Crippen LogP contribution in [0.4, 0.5) is 20.2 Å². The molecule has 0 unspecified atom stereocenters. The summed E-state index contributed by atoms with van der Waals surface area (Å²) in [6.45, 7) is 1.54. The lowest BCUT2D eigenvalue weighted by molar-refractivity contribution is -0.387. The predicted molar refractivity (Wildman–Crippen MR) is 140 cm³/mol. The van der Waals surface area contributed by atoms with Crippen LogP contribution in [0.1, 0.15) is 57.9 Å². The monoisotopic (exact) mass is 535 g/mol. The summed E-state index contributed by atoms with van der Waals surface area (Å²) in [5, 5.41) is 13.8. The van der Waals surface area contributed by atoms with Gasteiger partial charge in [0.2, 0.25) is 5.82 Å². The maximum Gasteiger partial charge on any atom is 0.317 e. The van der Waals surface area contributed by atoms with Crippen LogP contribution in [-0.4, -0.2) is 41.3 Å². The number of likely N-dealkylation sites (tertiary alicyclic amines) is 1. The molecule has 1 aliphatic carbocycles. The zero-order valence-electron chi connectivity index (χ0n) is 21.1. The van der Waals surface area contributed by atoms with Crippen LogP contribution < -0.4 is 10.1 Å². The van der Waals surface area contributed by atoms with E-state index in [4.69, 9.17) is 4.74 Å². The van der Waals surface area contributed by atoms with Crippen LogP contribution in [0.15, 0.2) is 60.7 Å². The first-order chi connectivity index (χ1) is 18.8. The topological polar surface area (TPSA) is 102 Å². The van der Waals surface area contributed by atoms with Crippen LogP contribution >= 0.6 is 0 Å². The number of halogens is 2. The van der Waals surface area contributed by atoms with Crippen molar-refractivity contribution in [2.75, 3.05) is 25.0 Å². The van der Waals surface area contributed by atoms with Crippen molar-refractivity contribution in [3.8, 4) is 5.75 Å². The number of rotatable bonds is 8. The van der Waals surface area contributed by atoms with E-state index >= 15 is 0 Å². The fraction of sp³-hybridized carbons (Fsp3) is 0.310. The summed E-state index contributed by atoms with van der Waals surface area (Å²) in [6, 6.07) is 14.8. The number of hydrogen-bond donors (Lipinski definition) is 1. The SMILES string of the molecule is O=C(Nc1ccc(C2CCN(C(=O)c3ccc(OCC4CC4)c(F)c3)CC2)cc1)c1cccc(F)c1[N+](=O)[O-]. The summed E-state index contributed by atoms with van der Waals surface area (Å²) in [5.41, 5.74) is 0.514. The Hall–Kier alpha value is -4.34. The van der Waals surface area contributed by atoms with Crippen LogP contribution in [0.25, 0.3) is 0 Å². The molecule has 1 saturated heterocycles. The summed E-state index contributed by atoms with van der Waals surface area (Å²) >= 11 is 0. The second-order valence-corrected chi connectivity index (χ2v) is 9.94. The van der Waals surface area contributed by atoms with Crippen LogP contribution in [0.2, 0.25) is 0 Å². The molecule has 0 atom stereocenters. The van der Waals surface area contributed by atoms with Crippen LogP contribution in [0, 0.1) is 27.7 Å². The quantitative estimate of drug-likeness (QED) is 0.284. The van der Waals surface area contributed by atoms with Gasteiger partial charge in [0.25, 0.3) is 11.8 Å². The lowest BCUT2D eigenvalue weighted by Gasteiger charge is -2.32. The summed E-state index contributed by atoms with van der Waals surface area (Å²) in [4.78, 5) is 37.5. The van der Waals surface area contributed by atoms with Crippen molar-refractivity contribution in [2.24, 2.45) is 5.92 Å². The third-order valence-corrected chi connectivity index (χ3v) is 7.19.